The van der Waals surface area contributed by atoms with Gasteiger partial charge in [0.1, 0.15) is 28.9 Å². The van der Waals surface area contributed by atoms with E-state index in [4.69, 9.17) is 29.1 Å². The minimum Gasteiger partial charge on any atom is -0.508 e. The van der Waals surface area contributed by atoms with Crippen LogP contribution in [0.1, 0.15) is 54.7 Å². The van der Waals surface area contributed by atoms with Crippen molar-refractivity contribution in [2.45, 2.75) is 78.2 Å². The molecule has 0 radical (unpaired) electrons. The summed E-state index contributed by atoms with van der Waals surface area (Å²) < 4.78 is 28.2. The number of phenols is 1. The van der Waals surface area contributed by atoms with Crippen molar-refractivity contribution in [3.63, 3.8) is 0 Å². The van der Waals surface area contributed by atoms with Crippen molar-refractivity contribution in [1.82, 2.24) is 0 Å². The van der Waals surface area contributed by atoms with Crippen LogP contribution in [0.15, 0.2) is 51.2 Å². The third kappa shape index (κ3) is 6.57. The number of aliphatic hydroxyl groups excluding tert-OH is 1. The number of phenolic OH excluding ortho intramolecular Hbond substituents is 1. The zero-order chi connectivity index (χ0) is 32.5. The number of fused-ring (bicyclic) bond motifs is 1. The Morgan fingerprint density at radius 2 is 1.84 bits per heavy atom. The molecular formula is C32H38N2O10. The Balaban J connectivity index is 1.63. The van der Waals surface area contributed by atoms with Crippen molar-refractivity contribution in [3.05, 3.63) is 74.7 Å². The number of ether oxygens (including phenoxy) is 4. The lowest BCUT2D eigenvalue weighted by atomic mass is 9.89. The van der Waals surface area contributed by atoms with Crippen LogP contribution in [0.5, 0.6) is 11.5 Å². The average Bonchev–Trinajstić information content (AvgIpc) is 2.94. The van der Waals surface area contributed by atoms with E-state index in [9.17, 15) is 24.6 Å². The standard InChI is InChI=1S/C32H38N2O10/c1-15(2)8-9-18-14-19(10-12-21(18)35)28(37)34-23-16(3)20-11-13-22(17(4)25(20)42-29(23)38)41-30-24(36)26(43-31(33)39)27(40-7)32(5,6)44-30/h8,10-14,24,26-27,30,35-36H,9H2,1-7H3,(H2,33,39)(H,34,37)/t24-,26+,27-,30-/m1/s1. The van der Waals surface area contributed by atoms with Gasteiger partial charge in [0.05, 0.1) is 5.60 Å². The van der Waals surface area contributed by atoms with Crippen LogP contribution < -0.4 is 21.4 Å². The molecule has 44 heavy (non-hydrogen) atoms. The smallest absolute Gasteiger partial charge is 0.404 e. The van der Waals surface area contributed by atoms with E-state index in [1.807, 2.05) is 19.9 Å². The van der Waals surface area contributed by atoms with Gasteiger partial charge in [-0.25, -0.2) is 9.59 Å². The highest BCUT2D eigenvalue weighted by atomic mass is 16.7. The van der Waals surface area contributed by atoms with E-state index < -0.39 is 47.8 Å². The Labute approximate surface area is 254 Å². The highest BCUT2D eigenvalue weighted by Gasteiger charge is 2.53. The molecule has 4 rings (SSSR count). The number of nitrogens with one attached hydrogen (secondary N) is 1. The third-order valence-corrected chi connectivity index (χ3v) is 7.61. The van der Waals surface area contributed by atoms with Gasteiger partial charge in [-0.1, -0.05) is 11.6 Å². The second-order valence-corrected chi connectivity index (χ2v) is 11.5. The lowest BCUT2D eigenvalue weighted by Gasteiger charge is -2.47. The summed E-state index contributed by atoms with van der Waals surface area (Å²) in [6.07, 6.45) is -3.51. The lowest BCUT2D eigenvalue weighted by Crippen LogP contribution is -2.65. The summed E-state index contributed by atoms with van der Waals surface area (Å²) in [5.74, 6) is -0.237. The van der Waals surface area contributed by atoms with Gasteiger partial charge in [0.25, 0.3) is 5.91 Å². The number of amides is 2. The van der Waals surface area contributed by atoms with Gasteiger partial charge in [0.15, 0.2) is 12.2 Å². The first-order valence-corrected chi connectivity index (χ1v) is 14.0. The summed E-state index contributed by atoms with van der Waals surface area (Å²) in [4.78, 5) is 37.8. The second-order valence-electron chi connectivity index (χ2n) is 11.5. The van der Waals surface area contributed by atoms with Crippen LogP contribution in [0.4, 0.5) is 10.5 Å². The molecule has 2 heterocycles. The molecule has 0 unspecified atom stereocenters. The summed E-state index contributed by atoms with van der Waals surface area (Å²) in [6, 6.07) is 7.75. The fourth-order valence-corrected chi connectivity index (χ4v) is 5.26. The number of allylic oxidation sites excluding steroid dienone is 2. The van der Waals surface area contributed by atoms with Crippen molar-refractivity contribution >= 4 is 28.7 Å². The van der Waals surface area contributed by atoms with E-state index >= 15 is 0 Å². The molecule has 12 nitrogen and oxygen atoms in total. The van der Waals surface area contributed by atoms with Crippen molar-refractivity contribution in [2.75, 3.05) is 12.4 Å². The first-order valence-electron chi connectivity index (χ1n) is 14.0. The topological polar surface area (TPSA) is 180 Å². The van der Waals surface area contributed by atoms with Gasteiger partial charge < -0.3 is 44.6 Å². The van der Waals surface area contributed by atoms with Crippen LogP contribution >= 0.6 is 0 Å². The monoisotopic (exact) mass is 610 g/mol. The molecule has 0 saturated carbocycles. The molecule has 1 aliphatic rings. The first-order chi connectivity index (χ1) is 20.6. The third-order valence-electron chi connectivity index (χ3n) is 7.61. The van der Waals surface area contributed by atoms with E-state index in [2.05, 4.69) is 5.32 Å². The predicted octanol–water partition coefficient (Wildman–Crippen LogP) is 4.23. The maximum atomic E-state index is 13.1. The summed E-state index contributed by atoms with van der Waals surface area (Å²) in [5.41, 5.74) is 6.38. The minimum absolute atomic E-state index is 0.0284. The molecule has 0 aliphatic carbocycles. The number of anilines is 1. The zero-order valence-electron chi connectivity index (χ0n) is 25.7. The van der Waals surface area contributed by atoms with Crippen LogP contribution in [0.3, 0.4) is 0 Å². The summed E-state index contributed by atoms with van der Waals surface area (Å²) >= 11 is 0. The van der Waals surface area contributed by atoms with E-state index in [0.29, 0.717) is 28.5 Å². The van der Waals surface area contributed by atoms with Gasteiger partial charge >= 0.3 is 11.7 Å². The highest BCUT2D eigenvalue weighted by molar-refractivity contribution is 6.06. The van der Waals surface area contributed by atoms with Gasteiger partial charge in [-0.05, 0) is 89.4 Å². The number of methoxy groups -OCH3 is 1. The van der Waals surface area contributed by atoms with Crippen LogP contribution in [-0.4, -0.2) is 59.5 Å². The number of rotatable bonds is 8. The van der Waals surface area contributed by atoms with Crippen LogP contribution in [-0.2, 0) is 20.6 Å². The Bertz CT molecular complexity index is 1670. The van der Waals surface area contributed by atoms with Crippen molar-refractivity contribution < 1.29 is 43.2 Å². The fourth-order valence-electron chi connectivity index (χ4n) is 5.26. The van der Waals surface area contributed by atoms with Gasteiger partial charge in [0, 0.05) is 23.6 Å². The number of aromatic hydroxyl groups is 1. The number of carbonyl (C=O) groups is 2. The Morgan fingerprint density at radius 3 is 2.48 bits per heavy atom. The molecule has 4 atom stereocenters. The molecule has 1 saturated heterocycles. The van der Waals surface area contributed by atoms with Crippen molar-refractivity contribution in [1.29, 1.82) is 0 Å². The molecular weight excluding hydrogens is 572 g/mol. The maximum absolute atomic E-state index is 13.1. The Morgan fingerprint density at radius 1 is 1.14 bits per heavy atom. The molecule has 2 amide bonds. The SMILES string of the molecule is CO[C@@H]1[C@@H](OC(N)=O)[C@@H](O)[C@H](Oc2ccc3c(C)c(NC(=O)c4ccc(O)c(CC=C(C)C)c4)c(=O)oc3c2C)OC1(C)C. The highest BCUT2D eigenvalue weighted by Crippen LogP contribution is 2.37. The molecule has 5 N–H and O–H groups in total. The Kier molecular flexibility index (Phi) is 9.38. The predicted molar refractivity (Wildman–Crippen MR) is 162 cm³/mol. The fraction of sp³-hybridized carbons (Fsp3) is 0.406. The number of hydrogen-bond donors (Lipinski definition) is 4. The summed E-state index contributed by atoms with van der Waals surface area (Å²) in [6.45, 7) is 10.6. The largest absolute Gasteiger partial charge is 0.508 e. The molecule has 0 spiro atoms. The number of benzene rings is 2. The van der Waals surface area contributed by atoms with Gasteiger partial charge in [0.2, 0.25) is 6.29 Å². The maximum Gasteiger partial charge on any atom is 0.404 e. The number of nitrogens with two attached hydrogens (primary N) is 1. The number of aliphatic hydroxyl groups is 1. The van der Waals surface area contributed by atoms with E-state index in [1.54, 1.807) is 45.9 Å². The number of carbonyl (C=O) groups excluding carboxylic acids is 2. The number of primary amides is 1. The van der Waals surface area contributed by atoms with Crippen LogP contribution in [0, 0.1) is 13.8 Å². The number of aryl methyl sites for hydroxylation is 2. The average molecular weight is 611 g/mol. The molecule has 1 aliphatic heterocycles. The quantitative estimate of drug-likeness (QED) is 0.213. The van der Waals surface area contributed by atoms with E-state index in [1.165, 1.54) is 19.2 Å². The molecule has 1 aromatic heterocycles. The minimum atomic E-state index is -1.47. The second kappa shape index (κ2) is 12.7. The lowest BCUT2D eigenvalue weighted by molar-refractivity contribution is -0.304. The molecule has 1 fully saturated rings. The van der Waals surface area contributed by atoms with Gasteiger partial charge in [-0.15, -0.1) is 0 Å². The van der Waals surface area contributed by atoms with Crippen molar-refractivity contribution in [2.24, 2.45) is 5.73 Å². The van der Waals surface area contributed by atoms with Crippen molar-refractivity contribution in [3.8, 4) is 11.5 Å². The summed E-state index contributed by atoms with van der Waals surface area (Å²) in [7, 11) is 1.39. The molecule has 236 valence electrons. The van der Waals surface area contributed by atoms with E-state index in [0.717, 1.165) is 5.57 Å². The first kappa shape index (κ1) is 32.5. The zero-order valence-corrected chi connectivity index (χ0v) is 25.7. The molecule has 2 aromatic carbocycles. The Hall–Kier alpha value is -4.39. The molecule has 0 bridgehead atoms. The van der Waals surface area contributed by atoms with Crippen LogP contribution in [0.25, 0.3) is 11.0 Å². The van der Waals surface area contributed by atoms with Gasteiger partial charge in [-0.3, -0.25) is 4.79 Å². The molecule has 12 heteroatoms. The van der Waals surface area contributed by atoms with E-state index in [-0.39, 0.29) is 28.3 Å². The van der Waals surface area contributed by atoms with Gasteiger partial charge in [-0.2, -0.15) is 0 Å². The normalized spacial score (nSPS) is 21.0. The summed E-state index contributed by atoms with van der Waals surface area (Å²) in [5, 5.41) is 24.4. The number of hydrogen-bond acceptors (Lipinski definition) is 10. The molecule has 3 aromatic rings. The van der Waals surface area contributed by atoms with Crippen LogP contribution in [0.2, 0.25) is 0 Å².